The number of hydrogen-bond acceptors (Lipinski definition) is 7. The number of halogens is 4. The molecule has 0 aromatic heterocycles. The number of nitrogens with one attached hydrogen (secondary N) is 2. The number of alkyl carbamates (subject to hydrolysis) is 1. The van der Waals surface area contributed by atoms with Gasteiger partial charge in [-0.2, -0.15) is 13.2 Å². The van der Waals surface area contributed by atoms with Gasteiger partial charge in [-0.15, -0.1) is 0 Å². The van der Waals surface area contributed by atoms with Gasteiger partial charge >= 0.3 is 12.3 Å². The molecule has 0 bridgehead atoms. The van der Waals surface area contributed by atoms with Crippen molar-refractivity contribution in [3.8, 4) is 11.5 Å². The number of amides is 3. The van der Waals surface area contributed by atoms with Gasteiger partial charge in [0.2, 0.25) is 11.9 Å². The van der Waals surface area contributed by atoms with Crippen molar-refractivity contribution >= 4 is 41.2 Å². The molecule has 0 saturated carbocycles. The van der Waals surface area contributed by atoms with E-state index in [4.69, 9.17) is 25.8 Å². The zero-order valence-electron chi connectivity index (χ0n) is 30.0. The van der Waals surface area contributed by atoms with E-state index in [1.807, 2.05) is 32.9 Å². The third kappa shape index (κ3) is 12.5. The maximum atomic E-state index is 13.6. The first-order chi connectivity index (χ1) is 24.3. The van der Waals surface area contributed by atoms with E-state index in [-0.39, 0.29) is 61.3 Å². The SMILES string of the molecule is CC(C)(C)CC(=O)NC(=NCCc1ccc(OCCC2Oc3ccc(C(F)(F)F)cc3N(Cc3cccc(Cl)c3)C2=O)cc1)NC(=O)OC(C)(C)C. The molecule has 3 aromatic rings. The van der Waals surface area contributed by atoms with Crippen molar-refractivity contribution in [3.63, 3.8) is 0 Å². The molecule has 1 aliphatic rings. The maximum absolute atomic E-state index is 13.6. The van der Waals surface area contributed by atoms with Crippen LogP contribution in [-0.2, 0) is 33.5 Å². The van der Waals surface area contributed by atoms with Crippen LogP contribution in [0.3, 0.4) is 0 Å². The lowest BCUT2D eigenvalue weighted by Gasteiger charge is -2.35. The molecule has 10 nitrogen and oxygen atoms in total. The number of fused-ring (bicyclic) bond motifs is 1. The fraction of sp³-hybridized carbons (Fsp3) is 0.421. The Balaban J connectivity index is 1.37. The second-order valence-corrected chi connectivity index (χ2v) is 15.0. The van der Waals surface area contributed by atoms with Crippen molar-refractivity contribution in [2.75, 3.05) is 18.1 Å². The van der Waals surface area contributed by atoms with E-state index in [0.29, 0.717) is 22.8 Å². The molecule has 0 radical (unpaired) electrons. The summed E-state index contributed by atoms with van der Waals surface area (Å²) in [6.45, 7) is 11.3. The molecular weight excluding hydrogens is 701 g/mol. The van der Waals surface area contributed by atoms with Crippen LogP contribution < -0.4 is 25.0 Å². The smallest absolute Gasteiger partial charge is 0.416 e. The molecule has 280 valence electrons. The van der Waals surface area contributed by atoms with Gasteiger partial charge in [-0.25, -0.2) is 4.79 Å². The Kier molecular flexibility index (Phi) is 12.8. The molecule has 3 amide bonds. The summed E-state index contributed by atoms with van der Waals surface area (Å²) in [4.78, 5) is 44.2. The second-order valence-electron chi connectivity index (χ2n) is 14.5. The van der Waals surface area contributed by atoms with Crippen LogP contribution in [0, 0.1) is 5.41 Å². The monoisotopic (exact) mass is 744 g/mol. The van der Waals surface area contributed by atoms with Crippen molar-refractivity contribution < 1.29 is 41.8 Å². The third-order valence-corrected chi connectivity index (χ3v) is 7.66. The first-order valence-electron chi connectivity index (χ1n) is 16.8. The number of ether oxygens (including phenoxy) is 3. The summed E-state index contributed by atoms with van der Waals surface area (Å²) in [6, 6.07) is 17.0. The molecule has 1 aliphatic heterocycles. The highest BCUT2D eigenvalue weighted by Crippen LogP contribution is 2.41. The summed E-state index contributed by atoms with van der Waals surface area (Å²) in [6.07, 6.45) is -5.49. The van der Waals surface area contributed by atoms with E-state index in [9.17, 15) is 27.6 Å². The Morgan fingerprint density at radius 2 is 1.65 bits per heavy atom. The molecule has 1 atom stereocenters. The average molecular weight is 745 g/mol. The fourth-order valence-electron chi connectivity index (χ4n) is 5.17. The van der Waals surface area contributed by atoms with Gasteiger partial charge in [0.25, 0.3) is 5.91 Å². The van der Waals surface area contributed by atoms with Gasteiger partial charge in [0.1, 0.15) is 17.1 Å². The number of hydrogen-bond donors (Lipinski definition) is 2. The van der Waals surface area contributed by atoms with Crippen LogP contribution in [0.4, 0.5) is 23.7 Å². The normalized spacial score (nSPS) is 15.0. The molecule has 1 unspecified atom stereocenters. The van der Waals surface area contributed by atoms with Gasteiger partial charge in [-0.05, 0) is 86.2 Å². The summed E-state index contributed by atoms with van der Waals surface area (Å²) in [5, 5.41) is 5.62. The standard InChI is InChI=1S/C38H44ClF3N4O6/c1-36(2,3)22-32(47)44-34(45-35(49)52-37(4,5)6)43-18-16-24-10-13-28(14-11-24)50-19-17-31-33(48)46(23-25-8-7-9-27(39)20-25)29-21-26(38(40,41)42)12-15-30(29)51-31/h7-15,20-21,31H,16-19,22-23H2,1-6H3,(H2,43,44,45,47,49). The van der Waals surface area contributed by atoms with Crippen LogP contribution >= 0.6 is 11.6 Å². The molecule has 0 aliphatic carbocycles. The first-order valence-corrected chi connectivity index (χ1v) is 17.1. The van der Waals surface area contributed by atoms with Crippen LogP contribution in [-0.4, -0.2) is 48.7 Å². The molecule has 0 fully saturated rings. The largest absolute Gasteiger partial charge is 0.493 e. The molecule has 0 spiro atoms. The van der Waals surface area contributed by atoms with Gasteiger partial charge in [-0.1, -0.05) is 56.6 Å². The molecule has 0 saturated heterocycles. The highest BCUT2D eigenvalue weighted by molar-refractivity contribution is 6.30. The third-order valence-electron chi connectivity index (χ3n) is 7.43. The summed E-state index contributed by atoms with van der Waals surface area (Å²) in [7, 11) is 0. The second kappa shape index (κ2) is 16.7. The minimum atomic E-state index is -4.60. The van der Waals surface area contributed by atoms with Gasteiger partial charge in [-0.3, -0.25) is 25.2 Å². The predicted molar refractivity (Wildman–Crippen MR) is 193 cm³/mol. The Labute approximate surface area is 306 Å². The number of rotatable bonds is 10. The zero-order chi connectivity index (χ0) is 38.3. The molecule has 52 heavy (non-hydrogen) atoms. The highest BCUT2D eigenvalue weighted by Gasteiger charge is 2.38. The number of benzene rings is 3. The van der Waals surface area contributed by atoms with E-state index < -0.39 is 35.4 Å². The predicted octanol–water partition coefficient (Wildman–Crippen LogP) is 8.10. The van der Waals surface area contributed by atoms with Gasteiger partial charge in [0, 0.05) is 24.4 Å². The quantitative estimate of drug-likeness (QED) is 0.160. The number of carbonyl (C=O) groups is 3. The van der Waals surface area contributed by atoms with E-state index in [0.717, 1.165) is 17.7 Å². The van der Waals surface area contributed by atoms with Crippen molar-refractivity contribution in [1.29, 1.82) is 0 Å². The van der Waals surface area contributed by atoms with E-state index in [1.165, 1.54) is 11.0 Å². The molecule has 1 heterocycles. The van der Waals surface area contributed by atoms with Crippen molar-refractivity contribution in [2.45, 2.75) is 85.2 Å². The Hall–Kier alpha value is -4.78. The van der Waals surface area contributed by atoms with Gasteiger partial charge in [0.05, 0.1) is 24.4 Å². The molecular formula is C38H44ClF3N4O6. The number of nitrogens with zero attached hydrogens (tertiary/aromatic N) is 2. The van der Waals surface area contributed by atoms with Crippen molar-refractivity contribution in [3.05, 3.63) is 88.4 Å². The zero-order valence-corrected chi connectivity index (χ0v) is 30.8. The maximum Gasteiger partial charge on any atom is 0.416 e. The Bertz CT molecular complexity index is 1740. The van der Waals surface area contributed by atoms with Crippen LogP contribution in [0.1, 0.15) is 71.1 Å². The Morgan fingerprint density at radius 3 is 2.29 bits per heavy atom. The lowest BCUT2D eigenvalue weighted by atomic mass is 9.92. The molecule has 2 N–H and O–H groups in total. The average Bonchev–Trinajstić information content (AvgIpc) is 3.01. The highest BCUT2D eigenvalue weighted by atomic mass is 35.5. The lowest BCUT2D eigenvalue weighted by Crippen LogP contribution is -2.46. The fourth-order valence-corrected chi connectivity index (χ4v) is 5.38. The Morgan fingerprint density at radius 1 is 0.942 bits per heavy atom. The van der Waals surface area contributed by atoms with Crippen LogP contribution in [0.25, 0.3) is 0 Å². The van der Waals surface area contributed by atoms with Crippen molar-refractivity contribution in [1.82, 2.24) is 10.6 Å². The number of anilines is 1. The van der Waals surface area contributed by atoms with Crippen molar-refractivity contribution in [2.24, 2.45) is 10.4 Å². The summed E-state index contributed by atoms with van der Waals surface area (Å²) in [5.41, 5.74) is -0.314. The summed E-state index contributed by atoms with van der Waals surface area (Å²) < 4.78 is 57.7. The number of alkyl halides is 3. The lowest BCUT2D eigenvalue weighted by molar-refractivity contribution is -0.138. The van der Waals surface area contributed by atoms with E-state index >= 15 is 0 Å². The summed E-state index contributed by atoms with van der Waals surface area (Å²) >= 11 is 6.12. The summed E-state index contributed by atoms with van der Waals surface area (Å²) in [5.74, 6) is -0.107. The molecule has 14 heteroatoms. The van der Waals surface area contributed by atoms with Crippen LogP contribution in [0.5, 0.6) is 11.5 Å². The minimum Gasteiger partial charge on any atom is -0.493 e. The van der Waals surface area contributed by atoms with Crippen LogP contribution in [0.15, 0.2) is 71.7 Å². The molecule has 4 rings (SSSR count). The van der Waals surface area contributed by atoms with E-state index in [1.54, 1.807) is 57.2 Å². The molecule has 3 aromatic carbocycles. The number of guanidine groups is 1. The van der Waals surface area contributed by atoms with Gasteiger partial charge in [0.15, 0.2) is 6.10 Å². The first kappa shape index (κ1) is 40.0. The van der Waals surface area contributed by atoms with Crippen LogP contribution in [0.2, 0.25) is 5.02 Å². The van der Waals surface area contributed by atoms with E-state index in [2.05, 4.69) is 15.6 Å². The topological polar surface area (TPSA) is 119 Å². The van der Waals surface area contributed by atoms with Gasteiger partial charge < -0.3 is 19.1 Å². The number of aliphatic imine (C=N–C) groups is 1. The number of carbonyl (C=O) groups excluding carboxylic acids is 3. The minimum absolute atomic E-state index is 0.00176.